The predicted octanol–water partition coefficient (Wildman–Crippen LogP) is 2.70. The number of rotatable bonds is 7. The highest BCUT2D eigenvalue weighted by molar-refractivity contribution is 7.99. The summed E-state index contributed by atoms with van der Waals surface area (Å²) < 4.78 is 6.68. The Morgan fingerprint density at radius 2 is 2.10 bits per heavy atom. The number of nitro groups is 1. The molecular weight excluding hydrogens is 396 g/mol. The quantitative estimate of drug-likeness (QED) is 0.280. The standard InChI is InChI=1S/C18H14N6O4S/c25-17(19-10-14-5-2-8-28-14)11-29-18-21-20-16-7-6-15(22-23(16)18)12-3-1-4-13(9-12)24(26)27/h1-9H,10-11H2,(H,19,25). The Kier molecular flexibility index (Phi) is 5.20. The Bertz CT molecular complexity index is 1170. The number of carbonyl (C=O) groups excluding carboxylic acids is 1. The van der Waals surface area contributed by atoms with E-state index in [0.29, 0.717) is 34.4 Å². The molecule has 11 heteroatoms. The van der Waals surface area contributed by atoms with Crippen molar-refractivity contribution in [1.82, 2.24) is 25.1 Å². The third-order valence-electron chi connectivity index (χ3n) is 3.96. The van der Waals surface area contributed by atoms with E-state index in [4.69, 9.17) is 4.42 Å². The Morgan fingerprint density at radius 1 is 1.21 bits per heavy atom. The van der Waals surface area contributed by atoms with Gasteiger partial charge in [-0.15, -0.1) is 10.2 Å². The third kappa shape index (κ3) is 4.24. The molecule has 1 amide bonds. The molecule has 146 valence electrons. The molecule has 0 aliphatic carbocycles. The fourth-order valence-electron chi connectivity index (χ4n) is 2.57. The van der Waals surface area contributed by atoms with Gasteiger partial charge in [-0.25, -0.2) is 0 Å². The molecule has 1 N–H and O–H groups in total. The molecule has 0 bridgehead atoms. The van der Waals surface area contributed by atoms with Crippen LogP contribution in [0.4, 0.5) is 5.69 Å². The number of non-ortho nitro benzene ring substituents is 1. The van der Waals surface area contributed by atoms with Crippen LogP contribution in [-0.2, 0) is 11.3 Å². The Labute approximate surface area is 168 Å². The van der Waals surface area contributed by atoms with Crippen LogP contribution in [0, 0.1) is 10.1 Å². The van der Waals surface area contributed by atoms with Crippen LogP contribution in [-0.4, -0.2) is 36.4 Å². The van der Waals surface area contributed by atoms with E-state index >= 15 is 0 Å². The molecule has 0 radical (unpaired) electrons. The van der Waals surface area contributed by atoms with E-state index in [1.807, 2.05) is 0 Å². The number of thioether (sulfide) groups is 1. The van der Waals surface area contributed by atoms with Crippen molar-refractivity contribution >= 4 is 29.0 Å². The van der Waals surface area contributed by atoms with Gasteiger partial charge in [0.25, 0.3) is 5.69 Å². The molecule has 0 aliphatic rings. The van der Waals surface area contributed by atoms with Gasteiger partial charge >= 0.3 is 0 Å². The minimum atomic E-state index is -0.455. The van der Waals surface area contributed by atoms with Crippen molar-refractivity contribution in [3.8, 4) is 11.3 Å². The Balaban J connectivity index is 1.49. The van der Waals surface area contributed by atoms with Crippen molar-refractivity contribution in [3.63, 3.8) is 0 Å². The SMILES string of the molecule is O=C(CSc1nnc2ccc(-c3cccc([N+](=O)[O-])c3)nn12)NCc1ccco1. The number of carbonyl (C=O) groups is 1. The highest BCUT2D eigenvalue weighted by atomic mass is 32.2. The number of nitrogens with zero attached hydrogens (tertiary/aromatic N) is 5. The summed E-state index contributed by atoms with van der Waals surface area (Å²) in [7, 11) is 0. The van der Waals surface area contributed by atoms with Gasteiger partial charge < -0.3 is 9.73 Å². The summed E-state index contributed by atoms with van der Waals surface area (Å²) >= 11 is 1.19. The predicted molar refractivity (Wildman–Crippen MR) is 104 cm³/mol. The number of amides is 1. The molecule has 0 aliphatic heterocycles. The first-order valence-corrected chi connectivity index (χ1v) is 9.48. The minimum absolute atomic E-state index is 0.0176. The number of fused-ring (bicyclic) bond motifs is 1. The van der Waals surface area contributed by atoms with Gasteiger partial charge in [-0.1, -0.05) is 23.9 Å². The molecule has 0 fully saturated rings. The van der Waals surface area contributed by atoms with Crippen molar-refractivity contribution < 1.29 is 14.1 Å². The van der Waals surface area contributed by atoms with E-state index in [0.717, 1.165) is 0 Å². The van der Waals surface area contributed by atoms with E-state index < -0.39 is 4.92 Å². The minimum Gasteiger partial charge on any atom is -0.467 e. The van der Waals surface area contributed by atoms with Crippen LogP contribution in [0.1, 0.15) is 5.76 Å². The highest BCUT2D eigenvalue weighted by Crippen LogP contribution is 2.23. The van der Waals surface area contributed by atoms with Crippen molar-refractivity contribution in [2.24, 2.45) is 0 Å². The fraction of sp³-hybridized carbons (Fsp3) is 0.111. The van der Waals surface area contributed by atoms with Gasteiger partial charge in [0.1, 0.15) is 5.76 Å². The first kappa shape index (κ1) is 18.6. The van der Waals surface area contributed by atoms with Gasteiger partial charge in [0.15, 0.2) is 5.65 Å². The van der Waals surface area contributed by atoms with Gasteiger partial charge in [-0.2, -0.15) is 9.61 Å². The lowest BCUT2D eigenvalue weighted by molar-refractivity contribution is -0.384. The number of furan rings is 1. The zero-order valence-electron chi connectivity index (χ0n) is 14.9. The number of benzene rings is 1. The van der Waals surface area contributed by atoms with Gasteiger partial charge in [0.05, 0.1) is 29.2 Å². The molecule has 1 aromatic carbocycles. The normalized spacial score (nSPS) is 10.9. The molecular formula is C18H14N6O4S. The lowest BCUT2D eigenvalue weighted by atomic mass is 10.1. The monoisotopic (exact) mass is 410 g/mol. The van der Waals surface area contributed by atoms with Crippen LogP contribution < -0.4 is 5.32 Å². The van der Waals surface area contributed by atoms with Gasteiger partial charge in [0, 0.05) is 17.7 Å². The second kappa shape index (κ2) is 8.10. The second-order valence-corrected chi connectivity index (χ2v) is 6.87. The summed E-state index contributed by atoms with van der Waals surface area (Å²) in [5.74, 6) is 0.613. The van der Waals surface area contributed by atoms with Crippen molar-refractivity contribution in [1.29, 1.82) is 0 Å². The van der Waals surface area contributed by atoms with Crippen molar-refractivity contribution in [2.45, 2.75) is 11.7 Å². The summed E-state index contributed by atoms with van der Waals surface area (Å²) in [6.07, 6.45) is 1.54. The van der Waals surface area contributed by atoms with E-state index in [1.165, 1.54) is 28.4 Å². The first-order valence-electron chi connectivity index (χ1n) is 8.49. The van der Waals surface area contributed by atoms with Gasteiger partial charge in [0.2, 0.25) is 11.1 Å². The van der Waals surface area contributed by atoms with E-state index in [-0.39, 0.29) is 17.3 Å². The van der Waals surface area contributed by atoms with Gasteiger partial charge in [-0.05, 0) is 24.3 Å². The van der Waals surface area contributed by atoms with E-state index in [9.17, 15) is 14.9 Å². The fourth-order valence-corrected chi connectivity index (χ4v) is 3.29. The summed E-state index contributed by atoms with van der Waals surface area (Å²) in [6, 6.07) is 13.2. The maximum atomic E-state index is 12.0. The molecule has 10 nitrogen and oxygen atoms in total. The van der Waals surface area contributed by atoms with Crippen molar-refractivity contribution in [3.05, 3.63) is 70.7 Å². The van der Waals surface area contributed by atoms with E-state index in [2.05, 4.69) is 20.6 Å². The summed E-state index contributed by atoms with van der Waals surface area (Å²) in [5.41, 5.74) is 1.63. The van der Waals surface area contributed by atoms with Crippen molar-refractivity contribution in [2.75, 3.05) is 5.75 Å². The van der Waals surface area contributed by atoms with Gasteiger partial charge in [-0.3, -0.25) is 14.9 Å². The number of aromatic nitrogens is 4. The zero-order valence-corrected chi connectivity index (χ0v) is 15.7. The van der Waals surface area contributed by atoms with E-state index in [1.54, 1.807) is 42.7 Å². The largest absolute Gasteiger partial charge is 0.467 e. The average Bonchev–Trinajstić information content (AvgIpc) is 3.40. The summed E-state index contributed by atoms with van der Waals surface area (Å²) in [4.78, 5) is 22.6. The van der Waals surface area contributed by atoms with Crippen LogP contribution in [0.2, 0.25) is 0 Å². The van der Waals surface area contributed by atoms with Crippen LogP contribution in [0.3, 0.4) is 0 Å². The second-order valence-electron chi connectivity index (χ2n) is 5.92. The molecule has 29 heavy (non-hydrogen) atoms. The van der Waals surface area contributed by atoms with Crippen LogP contribution >= 0.6 is 11.8 Å². The molecule has 0 atom stereocenters. The summed E-state index contributed by atoms with van der Waals surface area (Å²) in [5, 5.41) is 26.8. The molecule has 0 spiro atoms. The molecule has 3 aromatic heterocycles. The maximum absolute atomic E-state index is 12.0. The topological polar surface area (TPSA) is 128 Å². The molecule has 4 aromatic rings. The third-order valence-corrected chi connectivity index (χ3v) is 4.88. The lowest BCUT2D eigenvalue weighted by Gasteiger charge is -2.04. The van der Waals surface area contributed by atoms with Crippen LogP contribution in [0.5, 0.6) is 0 Å². The highest BCUT2D eigenvalue weighted by Gasteiger charge is 2.13. The number of nitrogens with one attached hydrogen (secondary N) is 1. The Hall–Kier alpha value is -3.73. The number of nitro benzene ring substituents is 1. The average molecular weight is 410 g/mol. The number of hydrogen-bond acceptors (Lipinski definition) is 8. The smallest absolute Gasteiger partial charge is 0.270 e. The summed E-state index contributed by atoms with van der Waals surface area (Å²) in [6.45, 7) is 0.308. The van der Waals surface area contributed by atoms with Crippen LogP contribution in [0.25, 0.3) is 16.9 Å². The zero-order chi connectivity index (χ0) is 20.2. The lowest BCUT2D eigenvalue weighted by Crippen LogP contribution is -2.24. The number of hydrogen-bond donors (Lipinski definition) is 1. The Morgan fingerprint density at radius 3 is 2.90 bits per heavy atom. The first-order chi connectivity index (χ1) is 14.1. The molecule has 0 saturated heterocycles. The molecule has 0 saturated carbocycles. The molecule has 0 unspecified atom stereocenters. The molecule has 3 heterocycles. The van der Waals surface area contributed by atoms with Crippen LogP contribution in [0.15, 0.2) is 64.4 Å². The maximum Gasteiger partial charge on any atom is 0.270 e. The molecule has 4 rings (SSSR count).